The third kappa shape index (κ3) is 9.55. The fourth-order valence-electron chi connectivity index (χ4n) is 0.891. The predicted molar refractivity (Wildman–Crippen MR) is 59.4 cm³/mol. The van der Waals surface area contributed by atoms with Crippen LogP contribution < -0.4 is 5.32 Å². The maximum Gasteiger partial charge on any atom is 0.0701 e. The highest BCUT2D eigenvalue weighted by Gasteiger charge is 1.90. The van der Waals surface area contributed by atoms with Crippen molar-refractivity contribution in [3.8, 4) is 0 Å². The predicted octanol–water partition coefficient (Wildman–Crippen LogP) is 1.94. The highest BCUT2D eigenvalue weighted by Crippen LogP contribution is 1.88. The second-order valence-corrected chi connectivity index (χ2v) is 3.11. The van der Waals surface area contributed by atoms with Gasteiger partial charge in [0, 0.05) is 18.8 Å². The molecular weight excluding hydrogens is 178 g/mol. The van der Waals surface area contributed by atoms with Crippen LogP contribution in [0.1, 0.15) is 26.7 Å². The van der Waals surface area contributed by atoms with E-state index in [1.54, 1.807) is 0 Å². The third-order valence-corrected chi connectivity index (χ3v) is 1.77. The zero-order chi connectivity index (χ0) is 10.6. The molecule has 0 bridgehead atoms. The largest absolute Gasteiger partial charge is 0.387 e. The Labute approximate surface area is 87.5 Å². The minimum Gasteiger partial charge on any atom is -0.387 e. The molecule has 0 aliphatic carbocycles. The van der Waals surface area contributed by atoms with E-state index in [1.807, 2.05) is 0 Å². The van der Waals surface area contributed by atoms with Crippen molar-refractivity contribution in [1.29, 1.82) is 0 Å². The van der Waals surface area contributed by atoms with Crippen LogP contribution in [0, 0.1) is 0 Å². The summed E-state index contributed by atoms with van der Waals surface area (Å²) in [4.78, 5) is 0. The maximum atomic E-state index is 5.35. The molecule has 0 aromatic rings. The fraction of sp³-hybridized carbons (Fsp3) is 0.818. The number of hydrogen-bond acceptors (Lipinski definition) is 3. The Morgan fingerprint density at radius 1 is 1.07 bits per heavy atom. The van der Waals surface area contributed by atoms with E-state index >= 15 is 0 Å². The van der Waals surface area contributed by atoms with E-state index in [9.17, 15) is 0 Å². The average molecular weight is 201 g/mol. The zero-order valence-corrected chi connectivity index (χ0v) is 9.47. The molecule has 0 spiro atoms. The van der Waals surface area contributed by atoms with Crippen molar-refractivity contribution in [2.75, 3.05) is 33.0 Å². The molecule has 84 valence electrons. The molecule has 0 heterocycles. The first kappa shape index (κ1) is 13.5. The summed E-state index contributed by atoms with van der Waals surface area (Å²) in [5.41, 5.74) is 1.07. The van der Waals surface area contributed by atoms with E-state index in [0.29, 0.717) is 19.8 Å². The second kappa shape index (κ2) is 10.5. The van der Waals surface area contributed by atoms with Gasteiger partial charge in [0.1, 0.15) is 0 Å². The summed E-state index contributed by atoms with van der Waals surface area (Å²) in [6, 6.07) is 0. The van der Waals surface area contributed by atoms with Gasteiger partial charge in [0.15, 0.2) is 0 Å². The van der Waals surface area contributed by atoms with Crippen molar-refractivity contribution in [2.45, 2.75) is 26.7 Å². The van der Waals surface area contributed by atoms with E-state index < -0.39 is 0 Å². The van der Waals surface area contributed by atoms with Crippen LogP contribution in [-0.4, -0.2) is 33.0 Å². The second-order valence-electron chi connectivity index (χ2n) is 3.11. The van der Waals surface area contributed by atoms with Crippen LogP contribution in [0.3, 0.4) is 0 Å². The van der Waals surface area contributed by atoms with Gasteiger partial charge in [-0.25, -0.2) is 0 Å². The zero-order valence-electron chi connectivity index (χ0n) is 9.47. The lowest BCUT2D eigenvalue weighted by atomic mass is 10.4. The van der Waals surface area contributed by atoms with Gasteiger partial charge < -0.3 is 14.8 Å². The standard InChI is InChI=1S/C11H23NO2/c1-4-7-13-9-10-14-8-6-12-11(3)5-2/h12H,3-10H2,1-2H3. The number of allylic oxidation sites excluding steroid dienone is 1. The molecule has 3 heteroatoms. The number of ether oxygens (including phenoxy) is 2. The highest BCUT2D eigenvalue weighted by molar-refractivity contribution is 4.88. The highest BCUT2D eigenvalue weighted by atomic mass is 16.5. The van der Waals surface area contributed by atoms with Crippen molar-refractivity contribution in [2.24, 2.45) is 0 Å². The normalized spacial score (nSPS) is 10.1. The van der Waals surface area contributed by atoms with E-state index in [1.165, 1.54) is 0 Å². The van der Waals surface area contributed by atoms with Crippen LogP contribution in [0.15, 0.2) is 12.3 Å². The monoisotopic (exact) mass is 201 g/mol. The van der Waals surface area contributed by atoms with Crippen LogP contribution in [-0.2, 0) is 9.47 Å². The van der Waals surface area contributed by atoms with Gasteiger partial charge in [0.2, 0.25) is 0 Å². The molecule has 0 radical (unpaired) electrons. The third-order valence-electron chi connectivity index (χ3n) is 1.77. The molecule has 0 atom stereocenters. The van der Waals surface area contributed by atoms with Gasteiger partial charge in [-0.2, -0.15) is 0 Å². The van der Waals surface area contributed by atoms with E-state index in [2.05, 4.69) is 25.7 Å². The molecule has 1 N–H and O–H groups in total. The first-order valence-electron chi connectivity index (χ1n) is 5.38. The van der Waals surface area contributed by atoms with Gasteiger partial charge in [0.05, 0.1) is 19.8 Å². The minimum absolute atomic E-state index is 0.681. The Hall–Kier alpha value is -0.540. The van der Waals surface area contributed by atoms with Crippen molar-refractivity contribution in [3.05, 3.63) is 12.3 Å². The molecule has 0 saturated heterocycles. The molecule has 3 nitrogen and oxygen atoms in total. The van der Waals surface area contributed by atoms with Crippen molar-refractivity contribution in [1.82, 2.24) is 5.32 Å². The molecule has 0 aliphatic heterocycles. The van der Waals surface area contributed by atoms with Gasteiger partial charge in [-0.1, -0.05) is 20.4 Å². The van der Waals surface area contributed by atoms with Gasteiger partial charge in [-0.05, 0) is 12.8 Å². The van der Waals surface area contributed by atoms with Gasteiger partial charge in [-0.3, -0.25) is 0 Å². The smallest absolute Gasteiger partial charge is 0.0701 e. The van der Waals surface area contributed by atoms with E-state index in [0.717, 1.165) is 31.7 Å². The SMILES string of the molecule is C=C(CC)NCCOCCOCCC. The summed E-state index contributed by atoms with van der Waals surface area (Å²) in [6.45, 7) is 11.8. The molecule has 0 fully saturated rings. The Bertz CT molecular complexity index is 137. The molecule has 0 saturated carbocycles. The van der Waals surface area contributed by atoms with Crippen LogP contribution >= 0.6 is 0 Å². The van der Waals surface area contributed by atoms with E-state index in [4.69, 9.17) is 9.47 Å². The summed E-state index contributed by atoms with van der Waals surface area (Å²) in [5, 5.41) is 3.17. The molecule has 0 unspecified atom stereocenters. The van der Waals surface area contributed by atoms with E-state index in [-0.39, 0.29) is 0 Å². The summed E-state index contributed by atoms with van der Waals surface area (Å²) >= 11 is 0. The lowest BCUT2D eigenvalue weighted by molar-refractivity contribution is 0.0496. The van der Waals surface area contributed by atoms with Crippen LogP contribution in [0.2, 0.25) is 0 Å². The lowest BCUT2D eigenvalue weighted by Crippen LogP contribution is -2.19. The van der Waals surface area contributed by atoms with Crippen molar-refractivity contribution < 1.29 is 9.47 Å². The molecule has 0 aromatic carbocycles. The quantitative estimate of drug-likeness (QED) is 0.548. The van der Waals surface area contributed by atoms with Gasteiger partial charge in [-0.15, -0.1) is 0 Å². The van der Waals surface area contributed by atoms with Crippen molar-refractivity contribution in [3.63, 3.8) is 0 Å². The topological polar surface area (TPSA) is 30.5 Å². The van der Waals surface area contributed by atoms with Crippen molar-refractivity contribution >= 4 is 0 Å². The number of nitrogens with one attached hydrogen (secondary N) is 1. The first-order valence-corrected chi connectivity index (χ1v) is 5.38. The van der Waals surface area contributed by atoms with Gasteiger partial charge >= 0.3 is 0 Å². The Morgan fingerprint density at radius 3 is 2.29 bits per heavy atom. The summed E-state index contributed by atoms with van der Waals surface area (Å²) in [6.07, 6.45) is 2.04. The fourth-order valence-corrected chi connectivity index (χ4v) is 0.891. The molecule has 0 rings (SSSR count). The molecular formula is C11H23NO2. The average Bonchev–Trinajstić information content (AvgIpc) is 2.21. The summed E-state index contributed by atoms with van der Waals surface area (Å²) < 4.78 is 10.6. The first-order chi connectivity index (χ1) is 6.81. The van der Waals surface area contributed by atoms with Crippen LogP contribution in [0.5, 0.6) is 0 Å². The summed E-state index contributed by atoms with van der Waals surface area (Å²) in [7, 11) is 0. The Morgan fingerprint density at radius 2 is 1.71 bits per heavy atom. The maximum absolute atomic E-state index is 5.35. The molecule has 0 aromatic heterocycles. The summed E-state index contributed by atoms with van der Waals surface area (Å²) in [5.74, 6) is 0. The number of hydrogen-bond donors (Lipinski definition) is 1. The Balaban J connectivity index is 2.95. The Kier molecular flexibility index (Phi) is 10.1. The number of rotatable bonds is 10. The van der Waals surface area contributed by atoms with Crippen LogP contribution in [0.4, 0.5) is 0 Å². The van der Waals surface area contributed by atoms with Gasteiger partial charge in [0.25, 0.3) is 0 Å². The van der Waals surface area contributed by atoms with Crippen LogP contribution in [0.25, 0.3) is 0 Å². The molecule has 0 amide bonds. The molecule has 0 aliphatic rings. The minimum atomic E-state index is 0.681. The lowest BCUT2D eigenvalue weighted by Gasteiger charge is -2.08. The molecule has 14 heavy (non-hydrogen) atoms.